The van der Waals surface area contributed by atoms with Crippen molar-refractivity contribution in [2.24, 2.45) is 0 Å². The van der Waals surface area contributed by atoms with E-state index in [0.29, 0.717) is 22.3 Å². The summed E-state index contributed by atoms with van der Waals surface area (Å²) in [7, 11) is 0. The van der Waals surface area contributed by atoms with Crippen LogP contribution in [-0.4, -0.2) is 10.8 Å². The van der Waals surface area contributed by atoms with E-state index in [1.165, 1.54) is 6.07 Å². The molecule has 0 N–H and O–H groups in total. The fraction of sp³-hybridized carbons (Fsp3) is 0.0909. The van der Waals surface area contributed by atoms with E-state index < -0.39 is 5.92 Å². The number of hydrogen-bond donors (Lipinski definition) is 0. The molecular weight excluding hydrogens is 313 g/mol. The summed E-state index contributed by atoms with van der Waals surface area (Å²) in [6, 6.07) is 17.8. The molecular formula is C22H18FNO. The molecule has 0 radical (unpaired) electrons. The van der Waals surface area contributed by atoms with Gasteiger partial charge in [-0.3, -0.25) is 9.78 Å². The van der Waals surface area contributed by atoms with E-state index >= 15 is 0 Å². The third kappa shape index (κ3) is 3.56. The normalized spacial score (nSPS) is 11.8. The maximum Gasteiger partial charge on any atom is 0.170 e. The van der Waals surface area contributed by atoms with Crippen LogP contribution in [0.2, 0.25) is 0 Å². The molecule has 0 unspecified atom stereocenters. The lowest BCUT2D eigenvalue weighted by molar-refractivity contribution is -0.114. The number of ketones is 1. The van der Waals surface area contributed by atoms with Crippen molar-refractivity contribution in [3.63, 3.8) is 0 Å². The van der Waals surface area contributed by atoms with Crippen LogP contribution in [0, 0.1) is 5.82 Å². The van der Waals surface area contributed by atoms with E-state index in [1.54, 1.807) is 43.6 Å². The summed E-state index contributed by atoms with van der Waals surface area (Å²) in [5.74, 6) is -0.956. The van der Waals surface area contributed by atoms with Crippen molar-refractivity contribution in [1.82, 2.24) is 4.98 Å². The highest BCUT2D eigenvalue weighted by Gasteiger charge is 2.20. The number of carbonyl (C=O) groups excluding carboxylic acids is 1. The number of Topliss-reactive ketones (excluding diaryl/α,β-unsaturated/α-hetero) is 1. The highest BCUT2D eigenvalue weighted by atomic mass is 19.1. The lowest BCUT2D eigenvalue weighted by Crippen LogP contribution is -2.11. The van der Waals surface area contributed by atoms with Crippen molar-refractivity contribution in [3.8, 4) is 11.1 Å². The lowest BCUT2D eigenvalue weighted by Gasteiger charge is -2.14. The average molecular weight is 331 g/mol. The Hall–Kier alpha value is -3.07. The molecule has 3 heteroatoms. The first-order valence-electron chi connectivity index (χ1n) is 8.06. The van der Waals surface area contributed by atoms with Crippen molar-refractivity contribution in [1.29, 1.82) is 0 Å². The molecule has 1 atom stereocenters. The topological polar surface area (TPSA) is 30.0 Å². The van der Waals surface area contributed by atoms with Gasteiger partial charge in [0, 0.05) is 35.0 Å². The van der Waals surface area contributed by atoms with Crippen LogP contribution in [0.5, 0.6) is 0 Å². The second-order valence-electron chi connectivity index (χ2n) is 5.91. The van der Waals surface area contributed by atoms with Crippen LogP contribution in [-0.2, 0) is 4.79 Å². The molecule has 0 amide bonds. The predicted molar refractivity (Wildman–Crippen MR) is 98.5 cm³/mol. The van der Waals surface area contributed by atoms with Crippen molar-refractivity contribution in [3.05, 3.63) is 96.6 Å². The minimum absolute atomic E-state index is 0.139. The monoisotopic (exact) mass is 331 g/mol. The SMILES string of the molecule is C=C(C(=O)[C@H](C)c1ccc(-c2ccccc2)c(F)c1)c1cccnc1. The van der Waals surface area contributed by atoms with Crippen LogP contribution >= 0.6 is 0 Å². The molecule has 1 aromatic heterocycles. The summed E-state index contributed by atoms with van der Waals surface area (Å²) in [5, 5.41) is 0. The summed E-state index contributed by atoms with van der Waals surface area (Å²) in [5.41, 5.74) is 3.03. The van der Waals surface area contributed by atoms with Crippen molar-refractivity contribution >= 4 is 11.4 Å². The molecule has 0 saturated heterocycles. The van der Waals surface area contributed by atoms with Gasteiger partial charge in [0.25, 0.3) is 0 Å². The fourth-order valence-electron chi connectivity index (χ4n) is 2.75. The summed E-state index contributed by atoms with van der Waals surface area (Å²) >= 11 is 0. The van der Waals surface area contributed by atoms with E-state index in [1.807, 2.05) is 30.3 Å². The number of aromatic nitrogens is 1. The largest absolute Gasteiger partial charge is 0.294 e. The van der Waals surface area contributed by atoms with Gasteiger partial charge in [-0.2, -0.15) is 0 Å². The summed E-state index contributed by atoms with van der Waals surface area (Å²) in [4.78, 5) is 16.7. The second kappa shape index (κ2) is 7.22. The number of halogens is 1. The Morgan fingerprint density at radius 1 is 1.08 bits per heavy atom. The first-order valence-corrected chi connectivity index (χ1v) is 8.06. The highest BCUT2D eigenvalue weighted by molar-refractivity contribution is 6.22. The van der Waals surface area contributed by atoms with E-state index in [9.17, 15) is 9.18 Å². The molecule has 0 fully saturated rings. The van der Waals surface area contributed by atoms with Crippen LogP contribution in [0.4, 0.5) is 4.39 Å². The van der Waals surface area contributed by atoms with Gasteiger partial charge < -0.3 is 0 Å². The number of pyridine rings is 1. The van der Waals surface area contributed by atoms with E-state index in [-0.39, 0.29) is 11.6 Å². The Kier molecular flexibility index (Phi) is 4.85. The van der Waals surface area contributed by atoms with Gasteiger partial charge in [0.2, 0.25) is 0 Å². The zero-order valence-corrected chi connectivity index (χ0v) is 13.9. The van der Waals surface area contributed by atoms with Gasteiger partial charge in [0.1, 0.15) is 5.82 Å². The fourth-order valence-corrected chi connectivity index (χ4v) is 2.75. The zero-order chi connectivity index (χ0) is 17.8. The van der Waals surface area contributed by atoms with Crippen LogP contribution in [0.25, 0.3) is 16.7 Å². The van der Waals surface area contributed by atoms with Gasteiger partial charge >= 0.3 is 0 Å². The molecule has 0 aliphatic rings. The minimum atomic E-state index is -0.480. The molecule has 3 rings (SSSR count). The quantitative estimate of drug-likeness (QED) is 0.596. The van der Waals surface area contributed by atoms with Gasteiger partial charge in [0.15, 0.2) is 5.78 Å². The Labute approximate surface area is 146 Å². The molecule has 25 heavy (non-hydrogen) atoms. The molecule has 0 bridgehead atoms. The molecule has 0 saturated carbocycles. The Balaban J connectivity index is 1.85. The maximum atomic E-state index is 14.5. The van der Waals surface area contributed by atoms with Crippen LogP contribution in [0.1, 0.15) is 24.0 Å². The molecule has 1 heterocycles. The molecule has 0 spiro atoms. The van der Waals surface area contributed by atoms with Crippen LogP contribution < -0.4 is 0 Å². The molecule has 0 aliphatic heterocycles. The van der Waals surface area contributed by atoms with Crippen molar-refractivity contribution in [2.75, 3.05) is 0 Å². The smallest absolute Gasteiger partial charge is 0.170 e. The molecule has 124 valence electrons. The number of benzene rings is 2. The van der Waals surface area contributed by atoms with Gasteiger partial charge in [-0.25, -0.2) is 4.39 Å². The van der Waals surface area contributed by atoms with Gasteiger partial charge in [0.05, 0.1) is 0 Å². The zero-order valence-electron chi connectivity index (χ0n) is 13.9. The maximum absolute atomic E-state index is 14.5. The molecule has 2 aromatic carbocycles. The van der Waals surface area contributed by atoms with E-state index in [0.717, 1.165) is 5.56 Å². The van der Waals surface area contributed by atoms with Crippen LogP contribution in [0.3, 0.4) is 0 Å². The first kappa shape index (κ1) is 16.8. The van der Waals surface area contributed by atoms with Crippen molar-refractivity contribution < 1.29 is 9.18 Å². The average Bonchev–Trinajstić information content (AvgIpc) is 2.67. The van der Waals surface area contributed by atoms with Crippen molar-refractivity contribution in [2.45, 2.75) is 12.8 Å². The Morgan fingerprint density at radius 2 is 1.84 bits per heavy atom. The van der Waals surface area contributed by atoms with E-state index in [2.05, 4.69) is 11.6 Å². The number of hydrogen-bond acceptors (Lipinski definition) is 2. The second-order valence-corrected chi connectivity index (χ2v) is 5.91. The summed E-state index contributed by atoms with van der Waals surface area (Å²) in [6.45, 7) is 5.64. The molecule has 2 nitrogen and oxygen atoms in total. The molecule has 0 aliphatic carbocycles. The van der Waals surface area contributed by atoms with Gasteiger partial charge in [-0.05, 0) is 23.3 Å². The lowest BCUT2D eigenvalue weighted by atomic mass is 9.89. The third-order valence-electron chi connectivity index (χ3n) is 4.28. The number of rotatable bonds is 5. The standard InChI is InChI=1S/C22H18FNO/c1-15(22(25)16(2)19-9-6-12-24-14-19)18-10-11-20(21(23)13-18)17-7-4-3-5-8-17/h3-15H,2H2,1H3/t15-/m1/s1. The third-order valence-corrected chi connectivity index (χ3v) is 4.28. The van der Waals surface area contributed by atoms with E-state index in [4.69, 9.17) is 0 Å². The Bertz CT molecular complexity index is 904. The minimum Gasteiger partial charge on any atom is -0.294 e. The first-order chi connectivity index (χ1) is 12.1. The summed E-state index contributed by atoms with van der Waals surface area (Å²) in [6.07, 6.45) is 3.24. The number of carbonyl (C=O) groups is 1. The summed E-state index contributed by atoms with van der Waals surface area (Å²) < 4.78 is 14.5. The predicted octanol–water partition coefficient (Wildman–Crippen LogP) is 5.27. The Morgan fingerprint density at radius 3 is 2.48 bits per heavy atom. The molecule has 3 aromatic rings. The number of nitrogens with zero attached hydrogens (tertiary/aromatic N) is 1. The van der Waals surface area contributed by atoms with Gasteiger partial charge in [-0.15, -0.1) is 0 Å². The van der Waals surface area contributed by atoms with Crippen LogP contribution in [0.15, 0.2) is 79.6 Å². The highest BCUT2D eigenvalue weighted by Crippen LogP contribution is 2.29. The number of allylic oxidation sites excluding steroid dienone is 1. The van der Waals surface area contributed by atoms with Gasteiger partial charge in [-0.1, -0.05) is 62.0 Å².